The van der Waals surface area contributed by atoms with Crippen LogP contribution in [0.5, 0.6) is 0 Å². The molecule has 1 aromatic carbocycles. The van der Waals surface area contributed by atoms with Gasteiger partial charge >= 0.3 is 0 Å². The van der Waals surface area contributed by atoms with Gasteiger partial charge in [-0.25, -0.2) is 4.68 Å². The predicted molar refractivity (Wildman–Crippen MR) is 59.7 cm³/mol. The van der Waals surface area contributed by atoms with Gasteiger partial charge in [0.05, 0.1) is 18.5 Å². The van der Waals surface area contributed by atoms with Gasteiger partial charge in [-0.3, -0.25) is 0 Å². The summed E-state index contributed by atoms with van der Waals surface area (Å²) in [7, 11) is 0. The first-order valence-electron chi connectivity index (χ1n) is 4.49. The lowest BCUT2D eigenvalue weighted by molar-refractivity contribution is 0.276. The topological polar surface area (TPSA) is 50.9 Å². The lowest BCUT2D eigenvalue weighted by Crippen LogP contribution is -1.95. The summed E-state index contributed by atoms with van der Waals surface area (Å²) < 4.78 is 2.66. The summed E-state index contributed by atoms with van der Waals surface area (Å²) in [5, 5.41) is 16.6. The molecule has 2 rings (SSSR count). The zero-order chi connectivity index (χ0) is 10.8. The van der Waals surface area contributed by atoms with Crippen LogP contribution in [-0.2, 0) is 6.61 Å². The number of aliphatic hydroxyl groups is 1. The summed E-state index contributed by atoms with van der Waals surface area (Å²) in [5.41, 5.74) is 2.65. The molecule has 0 aliphatic carbocycles. The predicted octanol–water partition coefficient (Wildman–Crippen LogP) is 1.83. The van der Waals surface area contributed by atoms with Crippen molar-refractivity contribution >= 4 is 15.9 Å². The molecule has 0 radical (unpaired) electrons. The summed E-state index contributed by atoms with van der Waals surface area (Å²) in [6.07, 6.45) is 1.71. The highest BCUT2D eigenvalue weighted by molar-refractivity contribution is 9.10. The first-order valence-corrected chi connectivity index (χ1v) is 5.28. The third kappa shape index (κ3) is 2.08. The highest BCUT2D eigenvalue weighted by atomic mass is 79.9. The van der Waals surface area contributed by atoms with Gasteiger partial charge < -0.3 is 5.11 Å². The Morgan fingerprint density at radius 1 is 1.47 bits per heavy atom. The Morgan fingerprint density at radius 3 is 2.87 bits per heavy atom. The molecule has 15 heavy (non-hydrogen) atoms. The van der Waals surface area contributed by atoms with Crippen molar-refractivity contribution < 1.29 is 5.11 Å². The summed E-state index contributed by atoms with van der Waals surface area (Å²) in [4.78, 5) is 0. The van der Waals surface area contributed by atoms with E-state index in [4.69, 9.17) is 5.11 Å². The molecular formula is C10H10BrN3O. The molecule has 0 unspecified atom stereocenters. The molecule has 1 aromatic heterocycles. The summed E-state index contributed by atoms with van der Waals surface area (Å²) in [6, 6.07) is 5.92. The minimum absolute atomic E-state index is 0.0902. The fourth-order valence-corrected chi connectivity index (χ4v) is 1.59. The van der Waals surface area contributed by atoms with Crippen molar-refractivity contribution in [3.63, 3.8) is 0 Å². The Kier molecular flexibility index (Phi) is 2.83. The van der Waals surface area contributed by atoms with Crippen LogP contribution in [0.25, 0.3) is 5.69 Å². The monoisotopic (exact) mass is 267 g/mol. The van der Waals surface area contributed by atoms with Crippen LogP contribution in [0.15, 0.2) is 28.9 Å². The van der Waals surface area contributed by atoms with Gasteiger partial charge in [0, 0.05) is 4.47 Å². The van der Waals surface area contributed by atoms with E-state index in [0.717, 1.165) is 10.2 Å². The number of aryl methyl sites for hydroxylation is 1. The van der Waals surface area contributed by atoms with E-state index in [2.05, 4.69) is 26.2 Å². The van der Waals surface area contributed by atoms with Crippen LogP contribution >= 0.6 is 15.9 Å². The first kappa shape index (κ1) is 10.3. The van der Waals surface area contributed by atoms with Crippen molar-refractivity contribution in [2.75, 3.05) is 0 Å². The van der Waals surface area contributed by atoms with Crippen molar-refractivity contribution in [1.29, 1.82) is 0 Å². The fraction of sp³-hybridized carbons (Fsp3) is 0.200. The molecule has 4 nitrogen and oxygen atoms in total. The van der Waals surface area contributed by atoms with Crippen molar-refractivity contribution in [3.8, 4) is 5.69 Å². The summed E-state index contributed by atoms with van der Waals surface area (Å²) in [6.45, 7) is 1.93. The third-order valence-corrected chi connectivity index (χ3v) is 2.98. The van der Waals surface area contributed by atoms with E-state index in [1.165, 1.54) is 5.56 Å². The molecule has 0 aliphatic heterocycles. The smallest absolute Gasteiger partial charge is 0.109 e. The maximum atomic E-state index is 8.87. The van der Waals surface area contributed by atoms with E-state index in [1.807, 2.05) is 25.1 Å². The number of rotatable bonds is 2. The molecule has 78 valence electrons. The SMILES string of the molecule is Cc1ccc(-n2cc(CO)nn2)cc1Br. The average Bonchev–Trinajstić information content (AvgIpc) is 2.70. The largest absolute Gasteiger partial charge is 0.390 e. The lowest BCUT2D eigenvalue weighted by Gasteiger charge is -2.02. The molecule has 0 amide bonds. The number of hydrogen-bond donors (Lipinski definition) is 1. The zero-order valence-electron chi connectivity index (χ0n) is 8.18. The molecule has 0 fully saturated rings. The lowest BCUT2D eigenvalue weighted by atomic mass is 10.2. The third-order valence-electron chi connectivity index (χ3n) is 2.12. The molecule has 0 bridgehead atoms. The number of hydrogen-bond acceptors (Lipinski definition) is 3. The number of aromatic nitrogens is 3. The summed E-state index contributed by atoms with van der Waals surface area (Å²) >= 11 is 3.46. The molecule has 0 atom stereocenters. The molecule has 0 saturated heterocycles. The van der Waals surface area contributed by atoms with Gasteiger partial charge in [0.2, 0.25) is 0 Å². The second kappa shape index (κ2) is 4.12. The molecule has 5 heteroatoms. The standard InChI is InChI=1S/C10H10BrN3O/c1-7-2-3-9(4-10(7)11)14-5-8(6-15)12-13-14/h2-5,15H,6H2,1H3. The minimum atomic E-state index is -0.0902. The number of benzene rings is 1. The maximum absolute atomic E-state index is 8.87. The highest BCUT2D eigenvalue weighted by Crippen LogP contribution is 2.19. The molecule has 2 aromatic rings. The van der Waals surface area contributed by atoms with Crippen molar-refractivity contribution in [3.05, 3.63) is 40.1 Å². The van der Waals surface area contributed by atoms with Crippen LogP contribution < -0.4 is 0 Å². The van der Waals surface area contributed by atoms with Crippen LogP contribution in [0.2, 0.25) is 0 Å². The van der Waals surface area contributed by atoms with Gasteiger partial charge in [0.15, 0.2) is 0 Å². The van der Waals surface area contributed by atoms with E-state index in [-0.39, 0.29) is 6.61 Å². The van der Waals surface area contributed by atoms with E-state index >= 15 is 0 Å². The molecule has 0 saturated carbocycles. The van der Waals surface area contributed by atoms with Gasteiger partial charge in [0.1, 0.15) is 5.69 Å². The zero-order valence-corrected chi connectivity index (χ0v) is 9.77. The van der Waals surface area contributed by atoms with Crippen molar-refractivity contribution in [1.82, 2.24) is 15.0 Å². The highest BCUT2D eigenvalue weighted by Gasteiger charge is 2.03. The minimum Gasteiger partial charge on any atom is -0.390 e. The van der Waals surface area contributed by atoms with Crippen LogP contribution in [0.1, 0.15) is 11.3 Å². The number of halogens is 1. The van der Waals surface area contributed by atoms with Gasteiger partial charge in [0.25, 0.3) is 0 Å². The second-order valence-corrected chi connectivity index (χ2v) is 4.10. The Morgan fingerprint density at radius 2 is 2.27 bits per heavy atom. The van der Waals surface area contributed by atoms with E-state index < -0.39 is 0 Å². The fourth-order valence-electron chi connectivity index (χ4n) is 1.22. The normalized spacial score (nSPS) is 10.6. The summed E-state index contributed by atoms with van der Waals surface area (Å²) in [5.74, 6) is 0. The van der Waals surface area contributed by atoms with Gasteiger partial charge in [-0.05, 0) is 24.6 Å². The van der Waals surface area contributed by atoms with Crippen LogP contribution in [-0.4, -0.2) is 20.1 Å². The van der Waals surface area contributed by atoms with E-state index in [1.54, 1.807) is 10.9 Å². The molecule has 1 N–H and O–H groups in total. The molecule has 0 aliphatic rings. The first-order chi connectivity index (χ1) is 7.20. The maximum Gasteiger partial charge on any atom is 0.109 e. The number of aliphatic hydroxyl groups excluding tert-OH is 1. The van der Waals surface area contributed by atoms with Crippen molar-refractivity contribution in [2.24, 2.45) is 0 Å². The Labute approximate surface area is 95.7 Å². The Hall–Kier alpha value is -1.20. The van der Waals surface area contributed by atoms with E-state index in [0.29, 0.717) is 5.69 Å². The molecular weight excluding hydrogens is 258 g/mol. The van der Waals surface area contributed by atoms with Gasteiger partial charge in [-0.15, -0.1) is 5.10 Å². The van der Waals surface area contributed by atoms with Crippen LogP contribution in [0.4, 0.5) is 0 Å². The quantitative estimate of drug-likeness (QED) is 0.904. The second-order valence-electron chi connectivity index (χ2n) is 3.25. The molecule has 0 spiro atoms. The van der Waals surface area contributed by atoms with Gasteiger partial charge in [-0.2, -0.15) is 0 Å². The molecule has 1 heterocycles. The van der Waals surface area contributed by atoms with E-state index in [9.17, 15) is 0 Å². The Balaban J connectivity index is 2.40. The van der Waals surface area contributed by atoms with Crippen molar-refractivity contribution in [2.45, 2.75) is 13.5 Å². The average molecular weight is 268 g/mol. The van der Waals surface area contributed by atoms with Crippen LogP contribution in [0.3, 0.4) is 0 Å². The van der Waals surface area contributed by atoms with Crippen LogP contribution in [0, 0.1) is 6.92 Å². The Bertz CT molecular complexity index is 481. The van der Waals surface area contributed by atoms with Gasteiger partial charge in [-0.1, -0.05) is 27.2 Å². The number of nitrogens with zero attached hydrogens (tertiary/aromatic N) is 3.